The molecule has 2 aromatic carbocycles. The third kappa shape index (κ3) is 5.03. The topological polar surface area (TPSA) is 26.5 Å². The number of halogens is 2. The molecule has 2 heterocycles. The molecule has 1 atom stereocenters. The van der Waals surface area contributed by atoms with E-state index in [4.69, 9.17) is 21.3 Å². The van der Waals surface area contributed by atoms with Gasteiger partial charge >= 0.3 is 0 Å². The van der Waals surface area contributed by atoms with Crippen molar-refractivity contribution < 1.29 is 9.13 Å². The molecular formula is C23H22ClFN2OS. The Hall–Kier alpha value is -2.24. The number of ether oxygens (including phenoxy) is 1. The first-order chi connectivity index (χ1) is 14.1. The van der Waals surface area contributed by atoms with E-state index in [2.05, 4.69) is 31.2 Å². The zero-order valence-corrected chi connectivity index (χ0v) is 17.7. The number of hydrogen-bond donors (Lipinski definition) is 0. The molecule has 1 aliphatic heterocycles. The van der Waals surface area contributed by atoms with Crippen LogP contribution in [0.5, 0.6) is 0 Å². The zero-order chi connectivity index (χ0) is 20.2. The van der Waals surface area contributed by atoms with Gasteiger partial charge in [-0.1, -0.05) is 47.5 Å². The molecule has 0 unspecified atom stereocenters. The first-order valence-corrected chi connectivity index (χ1v) is 11.0. The lowest BCUT2D eigenvalue weighted by molar-refractivity contribution is 0.323. The van der Waals surface area contributed by atoms with Crippen molar-refractivity contribution in [2.45, 2.75) is 25.3 Å². The zero-order valence-electron chi connectivity index (χ0n) is 16.1. The van der Waals surface area contributed by atoms with Gasteiger partial charge in [0.2, 0.25) is 5.90 Å². The number of thioether (sulfide) groups is 1. The SMILES string of the molecule is Cc1cccc(CSC[C@@H]2COC(c3cccn3Cc3ccc(F)cc3Cl)=N2)c1. The van der Waals surface area contributed by atoms with Crippen LogP contribution in [0.4, 0.5) is 4.39 Å². The highest BCUT2D eigenvalue weighted by Gasteiger charge is 2.22. The lowest BCUT2D eigenvalue weighted by Gasteiger charge is -2.10. The highest BCUT2D eigenvalue weighted by atomic mass is 35.5. The third-order valence-electron chi connectivity index (χ3n) is 4.78. The van der Waals surface area contributed by atoms with Crippen LogP contribution in [0.15, 0.2) is 65.8 Å². The van der Waals surface area contributed by atoms with Crippen molar-refractivity contribution >= 4 is 29.3 Å². The fourth-order valence-corrected chi connectivity index (χ4v) is 4.54. The van der Waals surface area contributed by atoms with Crippen molar-refractivity contribution in [1.82, 2.24) is 4.57 Å². The second kappa shape index (κ2) is 9.06. The van der Waals surface area contributed by atoms with Crippen LogP contribution in [0, 0.1) is 12.7 Å². The number of rotatable bonds is 7. The quantitative estimate of drug-likeness (QED) is 0.481. The number of aliphatic imine (C=N–C) groups is 1. The summed E-state index contributed by atoms with van der Waals surface area (Å²) in [5.74, 6) is 2.22. The molecule has 0 fully saturated rings. The monoisotopic (exact) mass is 428 g/mol. The predicted octanol–water partition coefficient (Wildman–Crippen LogP) is 5.72. The molecule has 3 nitrogen and oxygen atoms in total. The molecule has 6 heteroatoms. The molecule has 0 aliphatic carbocycles. The Morgan fingerprint density at radius 3 is 2.93 bits per heavy atom. The van der Waals surface area contributed by atoms with Crippen molar-refractivity contribution in [2.75, 3.05) is 12.4 Å². The van der Waals surface area contributed by atoms with Crippen LogP contribution in [-0.2, 0) is 17.0 Å². The Morgan fingerprint density at radius 1 is 1.21 bits per heavy atom. The number of hydrogen-bond acceptors (Lipinski definition) is 3. The first kappa shape index (κ1) is 20.0. The van der Waals surface area contributed by atoms with Gasteiger partial charge < -0.3 is 9.30 Å². The van der Waals surface area contributed by atoms with E-state index in [0.29, 0.717) is 24.1 Å². The van der Waals surface area contributed by atoms with Gasteiger partial charge in [-0.05, 0) is 42.3 Å². The van der Waals surface area contributed by atoms with E-state index in [1.54, 1.807) is 6.07 Å². The Morgan fingerprint density at radius 2 is 2.10 bits per heavy atom. The van der Waals surface area contributed by atoms with Crippen molar-refractivity contribution in [2.24, 2.45) is 4.99 Å². The normalized spacial score (nSPS) is 16.0. The molecule has 0 N–H and O–H groups in total. The van der Waals surface area contributed by atoms with Gasteiger partial charge in [0.1, 0.15) is 18.1 Å². The van der Waals surface area contributed by atoms with E-state index in [1.807, 2.05) is 34.7 Å². The van der Waals surface area contributed by atoms with Gasteiger partial charge in [-0.15, -0.1) is 0 Å². The van der Waals surface area contributed by atoms with Gasteiger partial charge in [0, 0.05) is 29.3 Å². The van der Waals surface area contributed by atoms with Gasteiger partial charge in [0.05, 0.1) is 6.04 Å². The van der Waals surface area contributed by atoms with Gasteiger partial charge in [-0.3, -0.25) is 0 Å². The molecule has 0 bridgehead atoms. The molecule has 150 valence electrons. The number of benzene rings is 2. The summed E-state index contributed by atoms with van der Waals surface area (Å²) in [5.41, 5.74) is 4.39. The summed E-state index contributed by atoms with van der Waals surface area (Å²) in [4.78, 5) is 4.78. The lowest BCUT2D eigenvalue weighted by Crippen LogP contribution is -2.11. The lowest BCUT2D eigenvalue weighted by atomic mass is 10.2. The van der Waals surface area contributed by atoms with E-state index in [-0.39, 0.29) is 11.9 Å². The maximum atomic E-state index is 13.3. The van der Waals surface area contributed by atoms with Crippen LogP contribution in [0.1, 0.15) is 22.4 Å². The molecule has 0 saturated heterocycles. The fourth-order valence-electron chi connectivity index (χ4n) is 3.34. The summed E-state index contributed by atoms with van der Waals surface area (Å²) < 4.78 is 21.2. The van der Waals surface area contributed by atoms with Crippen LogP contribution < -0.4 is 0 Å². The average Bonchev–Trinajstić information content (AvgIpc) is 3.33. The molecule has 4 rings (SSSR count). The van der Waals surface area contributed by atoms with Gasteiger partial charge in [-0.25, -0.2) is 9.38 Å². The van der Waals surface area contributed by atoms with Crippen molar-refractivity contribution in [3.63, 3.8) is 0 Å². The minimum Gasteiger partial charge on any atom is -0.474 e. The van der Waals surface area contributed by atoms with Crippen molar-refractivity contribution in [3.05, 3.63) is 94.0 Å². The largest absolute Gasteiger partial charge is 0.474 e. The summed E-state index contributed by atoms with van der Waals surface area (Å²) >= 11 is 8.06. The van der Waals surface area contributed by atoms with Crippen molar-refractivity contribution in [1.29, 1.82) is 0 Å². The number of aryl methyl sites for hydroxylation is 1. The van der Waals surface area contributed by atoms with Gasteiger partial charge in [-0.2, -0.15) is 11.8 Å². The Bertz CT molecular complexity index is 1030. The van der Waals surface area contributed by atoms with Crippen LogP contribution in [0.3, 0.4) is 0 Å². The van der Waals surface area contributed by atoms with Crippen LogP contribution >= 0.6 is 23.4 Å². The molecule has 1 aliphatic rings. The Balaban J connectivity index is 1.39. The minimum atomic E-state index is -0.332. The van der Waals surface area contributed by atoms with E-state index in [0.717, 1.165) is 22.8 Å². The highest BCUT2D eigenvalue weighted by Crippen LogP contribution is 2.22. The maximum Gasteiger partial charge on any atom is 0.233 e. The standard InChI is InChI=1S/C23H22ClFN2OS/c1-16-4-2-5-17(10-16)14-29-15-20-13-28-23(26-20)22-6-3-9-27(22)12-18-7-8-19(25)11-21(18)24/h2-11,20H,12-15H2,1H3/t20-/m0/s1. The highest BCUT2D eigenvalue weighted by molar-refractivity contribution is 7.98. The second-order valence-electron chi connectivity index (χ2n) is 7.16. The third-order valence-corrected chi connectivity index (χ3v) is 6.29. The summed E-state index contributed by atoms with van der Waals surface area (Å²) in [5, 5.41) is 0.421. The van der Waals surface area contributed by atoms with Crippen LogP contribution in [-0.4, -0.2) is 28.9 Å². The Kier molecular flexibility index (Phi) is 6.26. The fraction of sp³-hybridized carbons (Fsp3) is 0.261. The van der Waals surface area contributed by atoms with E-state index < -0.39 is 0 Å². The summed E-state index contributed by atoms with van der Waals surface area (Å²) in [6.45, 7) is 3.25. The average molecular weight is 429 g/mol. The van der Waals surface area contributed by atoms with E-state index in [1.165, 1.54) is 23.3 Å². The molecule has 3 aromatic rings. The first-order valence-electron chi connectivity index (χ1n) is 9.52. The van der Waals surface area contributed by atoms with Crippen LogP contribution in [0.25, 0.3) is 0 Å². The van der Waals surface area contributed by atoms with E-state index >= 15 is 0 Å². The minimum absolute atomic E-state index is 0.151. The molecule has 0 amide bonds. The van der Waals surface area contributed by atoms with Crippen LogP contribution in [0.2, 0.25) is 5.02 Å². The smallest absolute Gasteiger partial charge is 0.233 e. The predicted molar refractivity (Wildman–Crippen MR) is 119 cm³/mol. The second-order valence-corrected chi connectivity index (χ2v) is 8.60. The Labute approximate surface area is 179 Å². The van der Waals surface area contributed by atoms with Crippen molar-refractivity contribution in [3.8, 4) is 0 Å². The maximum absolute atomic E-state index is 13.3. The van der Waals surface area contributed by atoms with E-state index in [9.17, 15) is 4.39 Å². The number of nitrogens with zero attached hydrogens (tertiary/aromatic N) is 2. The molecule has 1 aromatic heterocycles. The molecule has 0 radical (unpaired) electrons. The molecule has 0 spiro atoms. The molecule has 29 heavy (non-hydrogen) atoms. The van der Waals surface area contributed by atoms with Gasteiger partial charge in [0.15, 0.2) is 0 Å². The summed E-state index contributed by atoms with van der Waals surface area (Å²) in [7, 11) is 0. The summed E-state index contributed by atoms with van der Waals surface area (Å²) in [6, 6.07) is 17.2. The molecule has 0 saturated carbocycles. The van der Waals surface area contributed by atoms with Gasteiger partial charge in [0.25, 0.3) is 0 Å². The molecular weight excluding hydrogens is 407 g/mol. The number of aromatic nitrogens is 1. The summed E-state index contributed by atoms with van der Waals surface area (Å²) in [6.07, 6.45) is 1.96.